The van der Waals surface area contributed by atoms with Crippen molar-refractivity contribution in [3.05, 3.63) is 34.5 Å². The van der Waals surface area contributed by atoms with E-state index in [0.717, 1.165) is 22.2 Å². The lowest BCUT2D eigenvalue weighted by molar-refractivity contribution is -0.117. The van der Waals surface area contributed by atoms with E-state index in [9.17, 15) is 4.79 Å². The number of nitrogens with two attached hydrogens (primary N) is 1. The second kappa shape index (κ2) is 3.67. The Morgan fingerprint density at radius 1 is 1.31 bits per heavy atom. The maximum absolute atomic E-state index is 11.0. The summed E-state index contributed by atoms with van der Waals surface area (Å²) in [7, 11) is 0. The zero-order chi connectivity index (χ0) is 11.9. The molecule has 16 heavy (non-hydrogen) atoms. The van der Waals surface area contributed by atoms with Crippen molar-refractivity contribution in [2.24, 2.45) is 5.73 Å². The van der Waals surface area contributed by atoms with Crippen molar-refractivity contribution in [1.82, 2.24) is 4.98 Å². The third-order valence-corrected chi connectivity index (χ3v) is 2.91. The number of carbonyl (C=O) groups excluding carboxylic acids is 1. The monoisotopic (exact) mass is 216 g/mol. The molecule has 1 heterocycles. The second-order valence-corrected chi connectivity index (χ2v) is 4.38. The summed E-state index contributed by atoms with van der Waals surface area (Å²) in [5.74, 6) is -0.288. The summed E-state index contributed by atoms with van der Waals surface area (Å²) in [6.07, 6.45) is 0.301. The molecule has 0 fully saturated rings. The van der Waals surface area contributed by atoms with Gasteiger partial charge in [-0.05, 0) is 43.5 Å². The topological polar surface area (TPSA) is 58.9 Å². The minimum absolute atomic E-state index is 0.288. The smallest absolute Gasteiger partial charge is 0.221 e. The molecule has 1 aromatic heterocycles. The van der Waals surface area contributed by atoms with E-state index < -0.39 is 0 Å². The molecule has 3 nitrogen and oxygen atoms in total. The molecule has 3 heteroatoms. The number of aromatic amines is 1. The van der Waals surface area contributed by atoms with E-state index in [0.29, 0.717) is 6.42 Å². The van der Waals surface area contributed by atoms with Crippen molar-refractivity contribution >= 4 is 16.8 Å². The van der Waals surface area contributed by atoms with Crippen molar-refractivity contribution in [2.45, 2.75) is 27.2 Å². The minimum atomic E-state index is -0.288. The molecule has 0 aliphatic heterocycles. The fourth-order valence-corrected chi connectivity index (χ4v) is 2.33. The Kier molecular flexibility index (Phi) is 2.46. The number of carbonyl (C=O) groups is 1. The summed E-state index contributed by atoms with van der Waals surface area (Å²) >= 11 is 0. The van der Waals surface area contributed by atoms with Crippen LogP contribution in [0, 0.1) is 20.8 Å². The average Bonchev–Trinajstić information content (AvgIpc) is 2.41. The number of aryl methyl sites for hydroxylation is 3. The summed E-state index contributed by atoms with van der Waals surface area (Å²) in [6, 6.07) is 4.22. The summed E-state index contributed by atoms with van der Waals surface area (Å²) in [5, 5.41) is 1.14. The Labute approximate surface area is 94.6 Å². The van der Waals surface area contributed by atoms with Crippen molar-refractivity contribution in [1.29, 1.82) is 0 Å². The Bertz CT molecular complexity index is 567. The molecule has 0 bridgehead atoms. The van der Waals surface area contributed by atoms with Crippen LogP contribution in [0.5, 0.6) is 0 Å². The standard InChI is InChI=1S/C13H16N2O/c1-7-4-8(2)13-10(6-12(14)16)9(3)15-11(13)5-7/h4-5,15H,6H2,1-3H3,(H2,14,16). The van der Waals surface area contributed by atoms with Gasteiger partial charge in [0.25, 0.3) is 0 Å². The van der Waals surface area contributed by atoms with Gasteiger partial charge in [0.15, 0.2) is 0 Å². The molecular formula is C13H16N2O. The molecule has 0 aliphatic carbocycles. The zero-order valence-electron chi connectivity index (χ0n) is 9.85. The van der Waals surface area contributed by atoms with Crippen LogP contribution >= 0.6 is 0 Å². The van der Waals surface area contributed by atoms with Crippen molar-refractivity contribution < 1.29 is 4.79 Å². The van der Waals surface area contributed by atoms with E-state index in [1.165, 1.54) is 11.1 Å². The number of hydrogen-bond acceptors (Lipinski definition) is 1. The number of rotatable bonds is 2. The summed E-state index contributed by atoms with van der Waals surface area (Å²) in [5.41, 5.74) is 10.8. The number of benzene rings is 1. The number of H-pyrrole nitrogens is 1. The summed E-state index contributed by atoms with van der Waals surface area (Å²) < 4.78 is 0. The molecule has 0 atom stereocenters. The van der Waals surface area contributed by atoms with Gasteiger partial charge >= 0.3 is 0 Å². The lowest BCUT2D eigenvalue weighted by Gasteiger charge is -2.02. The van der Waals surface area contributed by atoms with Crippen LogP contribution in [-0.4, -0.2) is 10.9 Å². The predicted molar refractivity (Wildman–Crippen MR) is 65.4 cm³/mol. The van der Waals surface area contributed by atoms with Crippen molar-refractivity contribution in [3.8, 4) is 0 Å². The molecule has 0 spiro atoms. The average molecular weight is 216 g/mol. The van der Waals surface area contributed by atoms with Crippen LogP contribution < -0.4 is 5.73 Å². The molecular weight excluding hydrogens is 200 g/mol. The third-order valence-electron chi connectivity index (χ3n) is 2.91. The lowest BCUT2D eigenvalue weighted by Crippen LogP contribution is -2.14. The number of nitrogens with one attached hydrogen (secondary N) is 1. The fraction of sp³-hybridized carbons (Fsp3) is 0.308. The van der Waals surface area contributed by atoms with Gasteiger partial charge in [0, 0.05) is 16.6 Å². The van der Waals surface area contributed by atoms with E-state index >= 15 is 0 Å². The fourth-order valence-electron chi connectivity index (χ4n) is 2.33. The highest BCUT2D eigenvalue weighted by atomic mass is 16.1. The Morgan fingerprint density at radius 3 is 2.62 bits per heavy atom. The summed E-state index contributed by atoms with van der Waals surface area (Å²) in [4.78, 5) is 14.4. The predicted octanol–water partition coefficient (Wildman–Crippen LogP) is 2.12. The Hall–Kier alpha value is -1.77. The van der Waals surface area contributed by atoms with Gasteiger partial charge in [0.05, 0.1) is 6.42 Å². The van der Waals surface area contributed by atoms with Gasteiger partial charge in [-0.3, -0.25) is 4.79 Å². The van der Waals surface area contributed by atoms with Crippen LogP contribution in [0.15, 0.2) is 12.1 Å². The molecule has 0 saturated carbocycles. The van der Waals surface area contributed by atoms with Gasteiger partial charge in [-0.2, -0.15) is 0 Å². The molecule has 1 aromatic carbocycles. The Morgan fingerprint density at radius 2 is 2.00 bits per heavy atom. The SMILES string of the molecule is Cc1cc(C)c2c(CC(N)=O)c(C)[nH]c2c1. The number of hydrogen-bond donors (Lipinski definition) is 2. The molecule has 0 aliphatic rings. The molecule has 3 N–H and O–H groups in total. The third kappa shape index (κ3) is 1.69. The van der Waals surface area contributed by atoms with E-state index in [1.807, 2.05) is 6.92 Å². The lowest BCUT2D eigenvalue weighted by atomic mass is 10.0. The maximum atomic E-state index is 11.0. The van der Waals surface area contributed by atoms with Crippen molar-refractivity contribution in [2.75, 3.05) is 0 Å². The van der Waals surface area contributed by atoms with Gasteiger partial charge in [0.1, 0.15) is 0 Å². The molecule has 84 valence electrons. The van der Waals surface area contributed by atoms with Gasteiger partial charge in [-0.1, -0.05) is 6.07 Å². The first-order valence-corrected chi connectivity index (χ1v) is 5.35. The van der Waals surface area contributed by atoms with E-state index in [-0.39, 0.29) is 5.91 Å². The van der Waals surface area contributed by atoms with Crippen molar-refractivity contribution in [3.63, 3.8) is 0 Å². The van der Waals surface area contributed by atoms with Crippen LogP contribution in [0.25, 0.3) is 10.9 Å². The minimum Gasteiger partial charge on any atom is -0.369 e. The van der Waals surface area contributed by atoms with Gasteiger partial charge in [-0.25, -0.2) is 0 Å². The number of fused-ring (bicyclic) bond motifs is 1. The van der Waals surface area contributed by atoms with Crippen LogP contribution in [0.1, 0.15) is 22.4 Å². The van der Waals surface area contributed by atoms with Gasteiger partial charge < -0.3 is 10.7 Å². The van der Waals surface area contributed by atoms with Gasteiger partial charge in [0.2, 0.25) is 5.91 Å². The molecule has 2 rings (SSSR count). The van der Waals surface area contributed by atoms with Crippen LogP contribution in [0.4, 0.5) is 0 Å². The normalized spacial score (nSPS) is 10.9. The van der Waals surface area contributed by atoms with Crippen LogP contribution in [0.3, 0.4) is 0 Å². The second-order valence-electron chi connectivity index (χ2n) is 4.38. The zero-order valence-corrected chi connectivity index (χ0v) is 9.85. The van der Waals surface area contributed by atoms with E-state index in [2.05, 4.69) is 31.0 Å². The summed E-state index contributed by atoms with van der Waals surface area (Å²) in [6.45, 7) is 6.11. The molecule has 0 radical (unpaired) electrons. The highest BCUT2D eigenvalue weighted by Crippen LogP contribution is 2.27. The molecule has 2 aromatic rings. The van der Waals surface area contributed by atoms with Crippen LogP contribution in [-0.2, 0) is 11.2 Å². The number of amides is 1. The first-order valence-electron chi connectivity index (χ1n) is 5.35. The largest absolute Gasteiger partial charge is 0.369 e. The molecule has 0 unspecified atom stereocenters. The van der Waals surface area contributed by atoms with Crippen LogP contribution in [0.2, 0.25) is 0 Å². The Balaban J connectivity index is 2.73. The first-order chi connectivity index (χ1) is 7.49. The quantitative estimate of drug-likeness (QED) is 0.793. The number of aromatic nitrogens is 1. The molecule has 1 amide bonds. The first kappa shape index (κ1) is 10.7. The highest BCUT2D eigenvalue weighted by molar-refractivity contribution is 5.92. The van der Waals surface area contributed by atoms with E-state index in [1.54, 1.807) is 0 Å². The maximum Gasteiger partial charge on any atom is 0.221 e. The number of primary amides is 1. The molecule has 0 saturated heterocycles. The van der Waals surface area contributed by atoms with Gasteiger partial charge in [-0.15, -0.1) is 0 Å². The highest BCUT2D eigenvalue weighted by Gasteiger charge is 2.12. The van der Waals surface area contributed by atoms with E-state index in [4.69, 9.17) is 5.73 Å².